The third-order valence-electron chi connectivity index (χ3n) is 5.40. The zero-order chi connectivity index (χ0) is 19.7. The molecule has 0 spiro atoms. The first kappa shape index (κ1) is 18.8. The first-order valence-electron chi connectivity index (χ1n) is 9.34. The predicted molar refractivity (Wildman–Crippen MR) is 109 cm³/mol. The lowest BCUT2D eigenvalue weighted by molar-refractivity contribution is 0.256. The predicted octanol–water partition coefficient (Wildman–Crippen LogP) is 3.75. The van der Waals surface area contributed by atoms with Crippen LogP contribution in [0.4, 0.5) is 0 Å². The van der Waals surface area contributed by atoms with E-state index in [9.17, 15) is 8.42 Å². The molecule has 1 aliphatic rings. The number of aromatic amines is 1. The van der Waals surface area contributed by atoms with Gasteiger partial charge < -0.3 is 18.8 Å². The summed E-state index contributed by atoms with van der Waals surface area (Å²) in [7, 11) is -0.231. The fraction of sp³-hybridized carbons (Fsp3) is 0.333. The molecule has 0 atom stereocenters. The lowest BCUT2D eigenvalue weighted by Crippen LogP contribution is -2.29. The Hall–Kier alpha value is -2.51. The van der Waals surface area contributed by atoms with Crippen LogP contribution in [0.15, 0.2) is 53.6 Å². The molecule has 0 amide bonds. The number of ether oxygens (including phenoxy) is 1. The lowest BCUT2D eigenvalue weighted by atomic mass is 9.89. The van der Waals surface area contributed by atoms with E-state index in [1.165, 1.54) is 24.8 Å². The molecule has 1 aliphatic heterocycles. The van der Waals surface area contributed by atoms with Crippen molar-refractivity contribution in [1.82, 2.24) is 9.88 Å². The third-order valence-corrected chi connectivity index (χ3v) is 6.66. The maximum Gasteiger partial charge on any atom is 0.339 e. The van der Waals surface area contributed by atoms with Gasteiger partial charge in [0.05, 0.1) is 7.11 Å². The van der Waals surface area contributed by atoms with Crippen LogP contribution in [-0.4, -0.2) is 45.5 Å². The molecule has 4 rings (SSSR count). The summed E-state index contributed by atoms with van der Waals surface area (Å²) in [6.07, 6.45) is 4.24. The highest BCUT2D eigenvalue weighted by atomic mass is 32.2. The number of fused-ring (bicyclic) bond motifs is 1. The van der Waals surface area contributed by atoms with Crippen LogP contribution >= 0.6 is 0 Å². The Morgan fingerprint density at radius 3 is 2.39 bits per heavy atom. The van der Waals surface area contributed by atoms with Crippen molar-refractivity contribution in [1.29, 1.82) is 0 Å². The number of methoxy groups -OCH3 is 1. The van der Waals surface area contributed by atoms with E-state index in [2.05, 4.69) is 16.9 Å². The average molecular weight is 401 g/mol. The number of nitrogens with zero attached hydrogens (tertiary/aromatic N) is 1. The molecule has 3 aromatic rings. The molecule has 1 N–H and O–H groups in total. The van der Waals surface area contributed by atoms with E-state index < -0.39 is 10.1 Å². The number of H-pyrrole nitrogens is 1. The van der Waals surface area contributed by atoms with Crippen LogP contribution < -0.4 is 8.92 Å². The molecule has 28 heavy (non-hydrogen) atoms. The normalized spacial score (nSPS) is 16.4. The molecule has 2 aromatic carbocycles. The maximum atomic E-state index is 12.6. The summed E-state index contributed by atoms with van der Waals surface area (Å²) in [4.78, 5) is 5.73. The van der Waals surface area contributed by atoms with Crippen LogP contribution in [-0.2, 0) is 10.1 Å². The van der Waals surface area contributed by atoms with E-state index in [0.29, 0.717) is 17.4 Å². The van der Waals surface area contributed by atoms with Gasteiger partial charge in [-0.05, 0) is 86.9 Å². The number of piperidine rings is 1. The van der Waals surface area contributed by atoms with Gasteiger partial charge in [-0.3, -0.25) is 0 Å². The lowest BCUT2D eigenvalue weighted by Gasteiger charge is -2.28. The Bertz CT molecular complexity index is 1070. The van der Waals surface area contributed by atoms with Gasteiger partial charge in [0, 0.05) is 17.1 Å². The fourth-order valence-corrected chi connectivity index (χ4v) is 4.67. The average Bonchev–Trinajstić information content (AvgIpc) is 3.11. The van der Waals surface area contributed by atoms with Crippen molar-refractivity contribution in [2.75, 3.05) is 27.2 Å². The zero-order valence-electron chi connectivity index (χ0n) is 16.0. The monoisotopic (exact) mass is 400 g/mol. The Balaban J connectivity index is 1.61. The van der Waals surface area contributed by atoms with Gasteiger partial charge in [0.2, 0.25) is 0 Å². The molecule has 1 aromatic heterocycles. The molecular formula is C21H24N2O4S. The van der Waals surface area contributed by atoms with Crippen molar-refractivity contribution in [3.63, 3.8) is 0 Å². The largest absolute Gasteiger partial charge is 0.497 e. The van der Waals surface area contributed by atoms with Gasteiger partial charge in [-0.15, -0.1) is 0 Å². The highest BCUT2D eigenvalue weighted by molar-refractivity contribution is 7.87. The molecule has 0 bridgehead atoms. The first-order chi connectivity index (χ1) is 13.5. The molecule has 1 saturated heterocycles. The number of likely N-dealkylation sites (tertiary alicyclic amines) is 1. The van der Waals surface area contributed by atoms with Gasteiger partial charge in [-0.1, -0.05) is 0 Å². The van der Waals surface area contributed by atoms with Crippen LogP contribution in [0.2, 0.25) is 0 Å². The van der Waals surface area contributed by atoms with Crippen LogP contribution in [0.25, 0.3) is 10.9 Å². The summed E-state index contributed by atoms with van der Waals surface area (Å²) in [5, 5.41) is 1.02. The van der Waals surface area contributed by atoms with Crippen molar-refractivity contribution in [3.8, 4) is 11.5 Å². The SMILES string of the molecule is COc1ccc(S(=O)(=O)Oc2ccc3[nH]cc(C4CCN(C)CC4)c3c2)cc1. The minimum atomic E-state index is -3.91. The van der Waals surface area contributed by atoms with Gasteiger partial charge >= 0.3 is 10.1 Å². The Morgan fingerprint density at radius 2 is 1.71 bits per heavy atom. The standard InChI is InChI=1S/C21H24N2O4S/c1-23-11-9-15(10-12-23)20-14-22-21-8-5-17(13-19(20)21)27-28(24,25)18-6-3-16(26-2)4-7-18/h3-8,13-15,22H,9-12H2,1-2H3. The van der Waals surface area contributed by atoms with Crippen molar-refractivity contribution < 1.29 is 17.3 Å². The van der Waals surface area contributed by atoms with E-state index in [1.54, 1.807) is 18.2 Å². The van der Waals surface area contributed by atoms with Gasteiger partial charge in [-0.2, -0.15) is 8.42 Å². The van der Waals surface area contributed by atoms with Gasteiger partial charge in [0.25, 0.3) is 0 Å². The number of benzene rings is 2. The summed E-state index contributed by atoms with van der Waals surface area (Å²) < 4.78 is 35.7. The molecule has 0 unspecified atom stereocenters. The number of nitrogens with one attached hydrogen (secondary N) is 1. The third kappa shape index (κ3) is 3.72. The molecule has 6 nitrogen and oxygen atoms in total. The molecule has 1 fully saturated rings. The highest BCUT2D eigenvalue weighted by Crippen LogP contribution is 2.35. The maximum absolute atomic E-state index is 12.6. The van der Waals surface area contributed by atoms with Crippen LogP contribution in [0, 0.1) is 0 Å². The van der Waals surface area contributed by atoms with E-state index >= 15 is 0 Å². The Labute approximate surface area is 165 Å². The second-order valence-electron chi connectivity index (χ2n) is 7.24. The Morgan fingerprint density at radius 1 is 1.04 bits per heavy atom. The quantitative estimate of drug-likeness (QED) is 0.661. The van der Waals surface area contributed by atoms with Crippen LogP contribution in [0.1, 0.15) is 24.3 Å². The van der Waals surface area contributed by atoms with Crippen LogP contribution in [0.5, 0.6) is 11.5 Å². The topological polar surface area (TPSA) is 71.6 Å². The van der Waals surface area contributed by atoms with Crippen molar-refractivity contribution in [2.45, 2.75) is 23.7 Å². The van der Waals surface area contributed by atoms with E-state index in [-0.39, 0.29) is 4.90 Å². The number of rotatable bonds is 5. The zero-order valence-corrected chi connectivity index (χ0v) is 16.8. The molecular weight excluding hydrogens is 376 g/mol. The summed E-state index contributed by atoms with van der Waals surface area (Å²) in [5.41, 5.74) is 2.22. The first-order valence-corrected chi connectivity index (χ1v) is 10.8. The summed E-state index contributed by atoms with van der Waals surface area (Å²) >= 11 is 0. The molecule has 0 radical (unpaired) electrons. The van der Waals surface area contributed by atoms with Gasteiger partial charge in [0.1, 0.15) is 16.4 Å². The van der Waals surface area contributed by atoms with Gasteiger partial charge in [-0.25, -0.2) is 0 Å². The van der Waals surface area contributed by atoms with Crippen molar-refractivity contribution in [3.05, 3.63) is 54.2 Å². The smallest absolute Gasteiger partial charge is 0.339 e. The van der Waals surface area contributed by atoms with E-state index in [1.807, 2.05) is 18.3 Å². The molecule has 0 saturated carbocycles. The number of hydrogen-bond donors (Lipinski definition) is 1. The summed E-state index contributed by atoms with van der Waals surface area (Å²) in [6, 6.07) is 11.5. The summed E-state index contributed by atoms with van der Waals surface area (Å²) in [5.74, 6) is 1.38. The second-order valence-corrected chi connectivity index (χ2v) is 8.79. The van der Waals surface area contributed by atoms with Gasteiger partial charge in [0.15, 0.2) is 0 Å². The molecule has 7 heteroatoms. The molecule has 0 aliphatic carbocycles. The van der Waals surface area contributed by atoms with E-state index in [4.69, 9.17) is 8.92 Å². The van der Waals surface area contributed by atoms with Crippen molar-refractivity contribution >= 4 is 21.0 Å². The molecule has 2 heterocycles. The second kappa shape index (κ2) is 7.48. The van der Waals surface area contributed by atoms with E-state index in [0.717, 1.165) is 36.8 Å². The minimum absolute atomic E-state index is 0.0954. The van der Waals surface area contributed by atoms with Crippen molar-refractivity contribution in [2.24, 2.45) is 0 Å². The minimum Gasteiger partial charge on any atom is -0.497 e. The highest BCUT2D eigenvalue weighted by Gasteiger charge is 2.22. The molecule has 148 valence electrons. The Kier molecular flexibility index (Phi) is 5.03. The number of aromatic nitrogens is 1. The van der Waals surface area contributed by atoms with Crippen LogP contribution in [0.3, 0.4) is 0 Å². The summed E-state index contributed by atoms with van der Waals surface area (Å²) in [6.45, 7) is 2.14. The number of hydrogen-bond acceptors (Lipinski definition) is 5. The fourth-order valence-electron chi connectivity index (χ4n) is 3.75.